The molecule has 0 aliphatic carbocycles. The molecule has 0 spiro atoms. The average molecular weight is 485 g/mol. The fourth-order valence-corrected chi connectivity index (χ4v) is 2.91. The normalized spacial score (nSPS) is 12.0. The first-order chi connectivity index (χ1) is 16.2. The third-order valence-corrected chi connectivity index (χ3v) is 4.33. The smallest absolute Gasteiger partial charge is 0.387 e. The minimum atomic E-state index is -3.23. The fourth-order valence-electron chi connectivity index (χ4n) is 2.91. The number of carbonyl (C=O) groups excluding carboxylic acids is 2. The van der Waals surface area contributed by atoms with Crippen LogP contribution in [0.15, 0.2) is 48.5 Å². The van der Waals surface area contributed by atoms with Crippen LogP contribution in [0.5, 0.6) is 17.2 Å². The Bertz CT molecular complexity index is 999. The van der Waals surface area contributed by atoms with Gasteiger partial charge in [-0.15, -0.1) is 0 Å². The van der Waals surface area contributed by atoms with Crippen LogP contribution in [-0.4, -0.2) is 38.8 Å². The standard InChI is InChI=1S/C23H23F4NO6/c1-3-32-21(30)13-18(15-5-4-6-16(11-15)31-2)28-20(29)10-8-14-7-9-17(33-22(24)25)12-19(14)34-23(26)27/h4-12,18,22-23H,3,13H2,1-2H3,(H,28,29). The summed E-state index contributed by atoms with van der Waals surface area (Å²) in [4.78, 5) is 24.6. The minimum Gasteiger partial charge on any atom is -0.497 e. The van der Waals surface area contributed by atoms with Crippen molar-refractivity contribution in [1.82, 2.24) is 5.32 Å². The van der Waals surface area contributed by atoms with Crippen LogP contribution in [0.4, 0.5) is 17.6 Å². The summed E-state index contributed by atoms with van der Waals surface area (Å²) >= 11 is 0. The lowest BCUT2D eigenvalue weighted by Gasteiger charge is -2.18. The number of esters is 1. The Labute approximate surface area is 193 Å². The van der Waals surface area contributed by atoms with E-state index in [1.54, 1.807) is 31.2 Å². The van der Waals surface area contributed by atoms with Gasteiger partial charge in [0, 0.05) is 17.7 Å². The number of carbonyl (C=O) groups is 2. The van der Waals surface area contributed by atoms with Gasteiger partial charge in [-0.25, -0.2) is 0 Å². The molecule has 0 aliphatic heterocycles. The molecule has 2 aromatic rings. The fraction of sp³-hybridized carbons (Fsp3) is 0.304. The summed E-state index contributed by atoms with van der Waals surface area (Å²) in [6, 6.07) is 9.08. The van der Waals surface area contributed by atoms with Crippen LogP contribution in [0.3, 0.4) is 0 Å². The number of methoxy groups -OCH3 is 1. The van der Waals surface area contributed by atoms with Gasteiger partial charge in [-0.3, -0.25) is 9.59 Å². The van der Waals surface area contributed by atoms with E-state index in [2.05, 4.69) is 14.8 Å². The molecule has 34 heavy (non-hydrogen) atoms. The highest BCUT2D eigenvalue weighted by molar-refractivity contribution is 5.92. The molecule has 1 amide bonds. The number of amides is 1. The van der Waals surface area contributed by atoms with Gasteiger partial charge < -0.3 is 24.3 Å². The predicted molar refractivity (Wildman–Crippen MR) is 114 cm³/mol. The molecule has 2 aromatic carbocycles. The lowest BCUT2D eigenvalue weighted by molar-refractivity contribution is -0.143. The van der Waals surface area contributed by atoms with Gasteiger partial charge in [-0.05, 0) is 42.8 Å². The molecule has 1 N–H and O–H groups in total. The predicted octanol–water partition coefficient (Wildman–Crippen LogP) is 4.72. The van der Waals surface area contributed by atoms with Crippen molar-refractivity contribution in [2.75, 3.05) is 13.7 Å². The number of benzene rings is 2. The van der Waals surface area contributed by atoms with Gasteiger partial charge in [0.2, 0.25) is 5.91 Å². The Morgan fingerprint density at radius 2 is 1.74 bits per heavy atom. The molecule has 2 rings (SSSR count). The first kappa shape index (κ1) is 26.5. The van der Waals surface area contributed by atoms with Crippen LogP contribution in [0, 0.1) is 0 Å². The molecule has 1 atom stereocenters. The van der Waals surface area contributed by atoms with E-state index in [0.29, 0.717) is 11.3 Å². The van der Waals surface area contributed by atoms with Crippen molar-refractivity contribution in [3.8, 4) is 17.2 Å². The maximum Gasteiger partial charge on any atom is 0.387 e. The molecule has 1 unspecified atom stereocenters. The van der Waals surface area contributed by atoms with Crippen molar-refractivity contribution in [1.29, 1.82) is 0 Å². The van der Waals surface area contributed by atoms with Crippen LogP contribution in [0.25, 0.3) is 6.08 Å². The van der Waals surface area contributed by atoms with Gasteiger partial charge >= 0.3 is 19.2 Å². The van der Waals surface area contributed by atoms with E-state index in [1.165, 1.54) is 13.2 Å². The average Bonchev–Trinajstić information content (AvgIpc) is 2.77. The highest BCUT2D eigenvalue weighted by Crippen LogP contribution is 2.29. The first-order valence-electron chi connectivity index (χ1n) is 10.0. The Hall–Kier alpha value is -3.76. The Morgan fingerprint density at radius 1 is 1.00 bits per heavy atom. The van der Waals surface area contributed by atoms with E-state index in [0.717, 1.165) is 24.3 Å². The number of hydrogen-bond acceptors (Lipinski definition) is 6. The molecule has 0 fully saturated rings. The molecular formula is C23H23F4NO6. The number of halogens is 4. The van der Waals surface area contributed by atoms with Crippen molar-refractivity contribution in [2.24, 2.45) is 0 Å². The van der Waals surface area contributed by atoms with Crippen molar-refractivity contribution in [3.05, 3.63) is 59.7 Å². The van der Waals surface area contributed by atoms with Crippen LogP contribution in [0.2, 0.25) is 0 Å². The van der Waals surface area contributed by atoms with E-state index in [1.807, 2.05) is 0 Å². The largest absolute Gasteiger partial charge is 0.497 e. The Balaban J connectivity index is 2.23. The lowest BCUT2D eigenvalue weighted by atomic mass is 10.0. The zero-order valence-corrected chi connectivity index (χ0v) is 18.3. The molecule has 0 aliphatic rings. The van der Waals surface area contributed by atoms with Crippen molar-refractivity contribution in [3.63, 3.8) is 0 Å². The molecular weight excluding hydrogens is 462 g/mol. The highest BCUT2D eigenvalue weighted by Gasteiger charge is 2.19. The van der Waals surface area contributed by atoms with Crippen molar-refractivity contribution in [2.45, 2.75) is 32.6 Å². The van der Waals surface area contributed by atoms with Gasteiger partial charge in [0.15, 0.2) is 0 Å². The van der Waals surface area contributed by atoms with Crippen molar-refractivity contribution >= 4 is 18.0 Å². The van der Waals surface area contributed by atoms with Crippen LogP contribution < -0.4 is 19.5 Å². The molecule has 0 bridgehead atoms. The molecule has 11 heteroatoms. The summed E-state index contributed by atoms with van der Waals surface area (Å²) in [5.74, 6) is -1.54. The van der Waals surface area contributed by atoms with Crippen molar-refractivity contribution < 1.29 is 46.1 Å². The second-order valence-electron chi connectivity index (χ2n) is 6.64. The maximum absolute atomic E-state index is 12.7. The third kappa shape index (κ3) is 8.64. The quantitative estimate of drug-likeness (QED) is 0.266. The summed E-state index contributed by atoms with van der Waals surface area (Å²) in [6.07, 6.45) is 2.02. The van der Waals surface area contributed by atoms with E-state index in [4.69, 9.17) is 9.47 Å². The minimum absolute atomic E-state index is 0.0142. The molecule has 0 saturated carbocycles. The Kier molecular flexibility index (Phi) is 10.2. The number of ether oxygens (including phenoxy) is 4. The van der Waals surface area contributed by atoms with E-state index in [-0.39, 0.29) is 24.3 Å². The third-order valence-electron chi connectivity index (χ3n) is 4.33. The molecule has 0 radical (unpaired) electrons. The number of nitrogens with one attached hydrogen (secondary N) is 1. The topological polar surface area (TPSA) is 83.1 Å². The maximum atomic E-state index is 12.7. The highest BCUT2D eigenvalue weighted by atomic mass is 19.3. The summed E-state index contributed by atoms with van der Waals surface area (Å²) in [5, 5.41) is 2.65. The lowest BCUT2D eigenvalue weighted by Crippen LogP contribution is -2.29. The SMILES string of the molecule is CCOC(=O)CC(NC(=O)C=Cc1ccc(OC(F)F)cc1OC(F)F)c1cccc(OC)c1. The Morgan fingerprint density at radius 3 is 2.38 bits per heavy atom. The van der Waals surface area contributed by atoms with Gasteiger partial charge in [0.1, 0.15) is 17.2 Å². The summed E-state index contributed by atoms with van der Waals surface area (Å²) in [6.45, 7) is -4.57. The zero-order chi connectivity index (χ0) is 25.1. The number of rotatable bonds is 12. The van der Waals surface area contributed by atoms with Crippen LogP contribution in [-0.2, 0) is 14.3 Å². The van der Waals surface area contributed by atoms with E-state index in [9.17, 15) is 27.2 Å². The first-order valence-corrected chi connectivity index (χ1v) is 10.0. The van der Waals surface area contributed by atoms with Gasteiger partial charge in [-0.1, -0.05) is 12.1 Å². The van der Waals surface area contributed by atoms with Crippen LogP contribution >= 0.6 is 0 Å². The zero-order valence-electron chi connectivity index (χ0n) is 18.3. The monoisotopic (exact) mass is 485 g/mol. The second-order valence-corrected chi connectivity index (χ2v) is 6.64. The molecule has 7 nitrogen and oxygen atoms in total. The number of hydrogen-bond donors (Lipinski definition) is 1. The molecule has 0 saturated heterocycles. The van der Waals surface area contributed by atoms with E-state index >= 15 is 0 Å². The molecule has 0 heterocycles. The molecule has 0 aromatic heterocycles. The molecule has 184 valence electrons. The van der Waals surface area contributed by atoms with Gasteiger partial charge in [0.25, 0.3) is 0 Å². The second kappa shape index (κ2) is 13.1. The summed E-state index contributed by atoms with van der Waals surface area (Å²) < 4.78 is 68.9. The van der Waals surface area contributed by atoms with Gasteiger partial charge in [-0.2, -0.15) is 17.6 Å². The number of alkyl halides is 4. The summed E-state index contributed by atoms with van der Waals surface area (Å²) in [5.41, 5.74) is 0.588. The van der Waals surface area contributed by atoms with E-state index < -0.39 is 36.9 Å². The van der Waals surface area contributed by atoms with Gasteiger partial charge in [0.05, 0.1) is 26.2 Å². The summed E-state index contributed by atoms with van der Waals surface area (Å²) in [7, 11) is 1.47. The van der Waals surface area contributed by atoms with Crippen LogP contribution in [0.1, 0.15) is 30.5 Å².